The van der Waals surface area contributed by atoms with Crippen molar-refractivity contribution >= 4 is 11.5 Å². The van der Waals surface area contributed by atoms with Crippen LogP contribution in [0.2, 0.25) is 0 Å². The molecule has 0 fully saturated rings. The van der Waals surface area contributed by atoms with Crippen molar-refractivity contribution in [1.29, 1.82) is 0 Å². The second-order valence-corrected chi connectivity index (χ2v) is 6.67. The smallest absolute Gasteiger partial charge is 0.330 e. The molecule has 0 aliphatic rings. The fraction of sp³-hybridized carbons (Fsp3) is 0.273. The fourth-order valence-corrected chi connectivity index (χ4v) is 3.18. The zero-order valence-corrected chi connectivity index (χ0v) is 17.1. The lowest BCUT2D eigenvalue weighted by atomic mass is 10.2. The zero-order valence-electron chi connectivity index (χ0n) is 17.1. The number of methoxy groups -OCH3 is 1. The van der Waals surface area contributed by atoms with Gasteiger partial charge in [-0.2, -0.15) is 0 Å². The Morgan fingerprint density at radius 3 is 2.33 bits per heavy atom. The molecule has 3 rings (SSSR count). The van der Waals surface area contributed by atoms with E-state index in [1.165, 1.54) is 4.57 Å². The molecule has 1 aromatic heterocycles. The molecular formula is C22H26N4O4. The molecule has 3 N–H and O–H groups in total. The summed E-state index contributed by atoms with van der Waals surface area (Å²) >= 11 is 0. The number of nitrogens with one attached hydrogen (secondary N) is 1. The number of nitrogen functional groups attached to an aromatic ring is 1. The molecule has 1 heterocycles. The van der Waals surface area contributed by atoms with Gasteiger partial charge in [-0.1, -0.05) is 30.3 Å². The molecule has 8 nitrogen and oxygen atoms in total. The van der Waals surface area contributed by atoms with Crippen molar-refractivity contribution in [2.75, 3.05) is 37.4 Å². The highest BCUT2D eigenvalue weighted by molar-refractivity contribution is 5.62. The van der Waals surface area contributed by atoms with Gasteiger partial charge >= 0.3 is 5.69 Å². The molecule has 0 saturated carbocycles. The third-order valence-corrected chi connectivity index (χ3v) is 4.78. The van der Waals surface area contributed by atoms with Gasteiger partial charge in [-0.3, -0.25) is 14.3 Å². The summed E-state index contributed by atoms with van der Waals surface area (Å²) in [5.74, 6) is 1.58. The van der Waals surface area contributed by atoms with Crippen molar-refractivity contribution in [3.63, 3.8) is 0 Å². The summed E-state index contributed by atoms with van der Waals surface area (Å²) < 4.78 is 12.3. The Morgan fingerprint density at radius 2 is 1.70 bits per heavy atom. The number of H-pyrrole nitrogens is 1. The first kappa shape index (κ1) is 21.0. The standard InChI is InChI=1S/C22H26N4O4/c1-3-25(13-14-30-18-11-9-17(29-2)10-12-18)19-20(23)26(22(28)24-21(19)27)15-16-7-5-4-6-8-16/h4-12H,3,13-15,23H2,1-2H3,(H,24,27,28). The van der Waals surface area contributed by atoms with Crippen molar-refractivity contribution in [2.45, 2.75) is 13.5 Å². The summed E-state index contributed by atoms with van der Waals surface area (Å²) in [4.78, 5) is 29.1. The molecule has 0 saturated heterocycles. The average Bonchev–Trinajstić information content (AvgIpc) is 2.76. The van der Waals surface area contributed by atoms with Gasteiger partial charge in [0, 0.05) is 6.54 Å². The van der Waals surface area contributed by atoms with E-state index in [1.807, 2.05) is 61.5 Å². The predicted octanol–water partition coefficient (Wildman–Crippen LogP) is 2.08. The van der Waals surface area contributed by atoms with Crippen LogP contribution in [0.3, 0.4) is 0 Å². The first-order chi connectivity index (χ1) is 14.5. The van der Waals surface area contributed by atoms with E-state index in [1.54, 1.807) is 12.0 Å². The van der Waals surface area contributed by atoms with E-state index in [9.17, 15) is 9.59 Å². The Labute approximate surface area is 174 Å². The number of hydrogen-bond acceptors (Lipinski definition) is 6. The number of likely N-dealkylation sites (N-methyl/N-ethyl adjacent to an activating group) is 1. The van der Waals surface area contributed by atoms with Crippen molar-refractivity contribution in [2.24, 2.45) is 0 Å². The van der Waals surface area contributed by atoms with Crippen LogP contribution in [-0.4, -0.2) is 36.4 Å². The van der Waals surface area contributed by atoms with Crippen LogP contribution >= 0.6 is 0 Å². The number of nitrogens with zero attached hydrogens (tertiary/aromatic N) is 2. The van der Waals surface area contributed by atoms with Crippen molar-refractivity contribution in [1.82, 2.24) is 9.55 Å². The quantitative estimate of drug-likeness (QED) is 0.560. The summed E-state index contributed by atoms with van der Waals surface area (Å²) in [6.07, 6.45) is 0. The van der Waals surface area contributed by atoms with Gasteiger partial charge < -0.3 is 20.1 Å². The molecule has 3 aromatic rings. The average molecular weight is 410 g/mol. The summed E-state index contributed by atoms with van der Waals surface area (Å²) in [5.41, 5.74) is 6.41. The molecule has 0 radical (unpaired) electrons. The normalized spacial score (nSPS) is 10.6. The van der Waals surface area contributed by atoms with Crippen LogP contribution in [0, 0.1) is 0 Å². The summed E-state index contributed by atoms with van der Waals surface area (Å²) in [7, 11) is 1.61. The van der Waals surface area contributed by atoms with E-state index in [-0.39, 0.29) is 18.1 Å². The lowest BCUT2D eigenvalue weighted by Crippen LogP contribution is -2.40. The van der Waals surface area contributed by atoms with Crippen LogP contribution in [0.5, 0.6) is 11.5 Å². The van der Waals surface area contributed by atoms with Crippen molar-refractivity contribution < 1.29 is 9.47 Å². The van der Waals surface area contributed by atoms with Gasteiger partial charge in [0.2, 0.25) is 0 Å². The number of aromatic amines is 1. The second kappa shape index (κ2) is 9.69. The molecule has 8 heteroatoms. The highest BCUT2D eigenvalue weighted by Gasteiger charge is 2.18. The van der Waals surface area contributed by atoms with E-state index in [0.29, 0.717) is 25.4 Å². The monoisotopic (exact) mass is 410 g/mol. The van der Waals surface area contributed by atoms with Gasteiger partial charge in [0.05, 0.1) is 20.2 Å². The van der Waals surface area contributed by atoms with Crippen LogP contribution in [0.15, 0.2) is 64.2 Å². The molecule has 30 heavy (non-hydrogen) atoms. The van der Waals surface area contributed by atoms with Crippen LogP contribution in [-0.2, 0) is 6.54 Å². The summed E-state index contributed by atoms with van der Waals surface area (Å²) in [5, 5.41) is 0. The first-order valence-electron chi connectivity index (χ1n) is 9.71. The third kappa shape index (κ3) is 4.83. The molecule has 0 aliphatic carbocycles. The fourth-order valence-electron chi connectivity index (χ4n) is 3.18. The highest BCUT2D eigenvalue weighted by atomic mass is 16.5. The number of nitrogens with two attached hydrogens (primary N) is 1. The molecule has 0 atom stereocenters. The number of hydrogen-bond donors (Lipinski definition) is 2. The molecule has 158 valence electrons. The van der Waals surface area contributed by atoms with E-state index < -0.39 is 11.2 Å². The van der Waals surface area contributed by atoms with Crippen LogP contribution in [0.4, 0.5) is 11.5 Å². The topological polar surface area (TPSA) is 103 Å². The molecule has 0 bridgehead atoms. The highest BCUT2D eigenvalue weighted by Crippen LogP contribution is 2.19. The van der Waals surface area contributed by atoms with Crippen molar-refractivity contribution in [3.8, 4) is 11.5 Å². The third-order valence-electron chi connectivity index (χ3n) is 4.78. The van der Waals surface area contributed by atoms with Gasteiger partial charge in [-0.15, -0.1) is 0 Å². The Kier molecular flexibility index (Phi) is 6.79. The molecule has 0 amide bonds. The number of anilines is 2. The maximum atomic E-state index is 12.5. The van der Waals surface area contributed by atoms with Crippen molar-refractivity contribution in [3.05, 3.63) is 81.0 Å². The van der Waals surface area contributed by atoms with Gasteiger partial charge in [0.15, 0.2) is 0 Å². The molecule has 0 aliphatic heterocycles. The Balaban J connectivity index is 1.78. The Morgan fingerprint density at radius 1 is 1.03 bits per heavy atom. The van der Waals surface area contributed by atoms with Gasteiger partial charge in [-0.05, 0) is 36.8 Å². The maximum absolute atomic E-state index is 12.5. The molecule has 2 aromatic carbocycles. The number of benzene rings is 2. The Bertz CT molecular complexity index is 1080. The largest absolute Gasteiger partial charge is 0.497 e. The van der Waals surface area contributed by atoms with Crippen LogP contribution in [0.25, 0.3) is 0 Å². The summed E-state index contributed by atoms with van der Waals surface area (Å²) in [6, 6.07) is 16.7. The lowest BCUT2D eigenvalue weighted by Gasteiger charge is -2.25. The minimum Gasteiger partial charge on any atom is -0.497 e. The maximum Gasteiger partial charge on any atom is 0.330 e. The molecule has 0 spiro atoms. The number of rotatable bonds is 9. The molecule has 0 unspecified atom stereocenters. The molecular weight excluding hydrogens is 384 g/mol. The van der Waals surface area contributed by atoms with Crippen LogP contribution in [0.1, 0.15) is 12.5 Å². The first-order valence-corrected chi connectivity index (χ1v) is 9.71. The van der Waals surface area contributed by atoms with E-state index in [0.717, 1.165) is 11.3 Å². The SMILES string of the molecule is CCN(CCOc1ccc(OC)cc1)c1c(N)n(Cc2ccccc2)c(=O)[nH]c1=O. The van der Waals surface area contributed by atoms with Gasteiger partial charge in [-0.25, -0.2) is 4.79 Å². The van der Waals surface area contributed by atoms with Gasteiger partial charge in [0.25, 0.3) is 5.56 Å². The van der Waals surface area contributed by atoms with Crippen LogP contribution < -0.4 is 31.4 Å². The minimum absolute atomic E-state index is 0.138. The predicted molar refractivity (Wildman–Crippen MR) is 118 cm³/mol. The lowest BCUT2D eigenvalue weighted by molar-refractivity contribution is 0.323. The van der Waals surface area contributed by atoms with E-state index in [2.05, 4.69) is 4.98 Å². The zero-order chi connectivity index (χ0) is 21.5. The number of aromatic nitrogens is 2. The van der Waals surface area contributed by atoms with E-state index >= 15 is 0 Å². The number of ether oxygens (including phenoxy) is 2. The van der Waals surface area contributed by atoms with E-state index in [4.69, 9.17) is 15.2 Å². The Hall–Kier alpha value is -3.68. The summed E-state index contributed by atoms with van der Waals surface area (Å²) in [6.45, 7) is 3.49. The minimum atomic E-state index is -0.532. The second-order valence-electron chi connectivity index (χ2n) is 6.67. The van der Waals surface area contributed by atoms with Gasteiger partial charge in [0.1, 0.15) is 29.6 Å².